The van der Waals surface area contributed by atoms with Crippen LogP contribution in [0.5, 0.6) is 0 Å². The Kier molecular flexibility index (Phi) is 3.82. The molecule has 94 valence electrons. The maximum absolute atomic E-state index is 4.70. The standard InChI is InChI=1S/C13H22N4/c1-4-16(5-2)12-10-11(3)14-13(15-12)17-8-6-7-9-17/h10H,4-9H2,1-3H3. The van der Waals surface area contributed by atoms with Crippen molar-refractivity contribution < 1.29 is 0 Å². The van der Waals surface area contributed by atoms with E-state index in [1.807, 2.05) is 6.92 Å². The Bertz CT molecular complexity index is 347. The fourth-order valence-corrected chi connectivity index (χ4v) is 2.30. The molecule has 0 atom stereocenters. The zero-order valence-electron chi connectivity index (χ0n) is 11.1. The third-order valence-corrected chi connectivity index (χ3v) is 3.31. The van der Waals surface area contributed by atoms with Crippen LogP contribution in [0.15, 0.2) is 6.07 Å². The van der Waals surface area contributed by atoms with Crippen LogP contribution in [0, 0.1) is 6.92 Å². The normalized spacial score (nSPS) is 15.4. The molecule has 0 radical (unpaired) electrons. The van der Waals surface area contributed by atoms with Crippen molar-refractivity contribution in [2.75, 3.05) is 36.0 Å². The molecule has 2 heterocycles. The highest BCUT2D eigenvalue weighted by Crippen LogP contribution is 2.20. The van der Waals surface area contributed by atoms with E-state index < -0.39 is 0 Å². The molecular weight excluding hydrogens is 212 g/mol. The minimum Gasteiger partial charge on any atom is -0.357 e. The number of hydrogen-bond acceptors (Lipinski definition) is 4. The largest absolute Gasteiger partial charge is 0.357 e. The number of aromatic nitrogens is 2. The third-order valence-electron chi connectivity index (χ3n) is 3.31. The van der Waals surface area contributed by atoms with Crippen molar-refractivity contribution in [2.24, 2.45) is 0 Å². The van der Waals surface area contributed by atoms with E-state index in [-0.39, 0.29) is 0 Å². The van der Waals surface area contributed by atoms with Gasteiger partial charge >= 0.3 is 0 Å². The maximum Gasteiger partial charge on any atom is 0.227 e. The molecular formula is C13H22N4. The van der Waals surface area contributed by atoms with Gasteiger partial charge in [-0.1, -0.05) is 0 Å². The van der Waals surface area contributed by atoms with Gasteiger partial charge in [0.25, 0.3) is 0 Å². The summed E-state index contributed by atoms with van der Waals surface area (Å²) in [5.74, 6) is 1.97. The molecule has 0 amide bonds. The van der Waals surface area contributed by atoms with Crippen molar-refractivity contribution in [2.45, 2.75) is 33.6 Å². The zero-order chi connectivity index (χ0) is 12.3. The van der Waals surface area contributed by atoms with Crippen molar-refractivity contribution in [1.29, 1.82) is 0 Å². The van der Waals surface area contributed by atoms with E-state index in [1.165, 1.54) is 12.8 Å². The lowest BCUT2D eigenvalue weighted by Crippen LogP contribution is -2.26. The summed E-state index contributed by atoms with van der Waals surface area (Å²) in [4.78, 5) is 13.8. The number of rotatable bonds is 4. The lowest BCUT2D eigenvalue weighted by atomic mass is 10.4. The molecule has 0 bridgehead atoms. The summed E-state index contributed by atoms with van der Waals surface area (Å²) in [7, 11) is 0. The molecule has 1 aliphatic heterocycles. The van der Waals surface area contributed by atoms with E-state index in [9.17, 15) is 0 Å². The Hall–Kier alpha value is -1.32. The van der Waals surface area contributed by atoms with Gasteiger partial charge < -0.3 is 9.80 Å². The fraction of sp³-hybridized carbons (Fsp3) is 0.692. The minimum atomic E-state index is 0.907. The molecule has 17 heavy (non-hydrogen) atoms. The Morgan fingerprint density at radius 1 is 1.18 bits per heavy atom. The number of anilines is 2. The highest BCUT2D eigenvalue weighted by Gasteiger charge is 2.16. The molecule has 1 aromatic heterocycles. The second-order valence-electron chi connectivity index (χ2n) is 4.53. The summed E-state index contributed by atoms with van der Waals surface area (Å²) in [6, 6.07) is 2.08. The SMILES string of the molecule is CCN(CC)c1cc(C)nc(N2CCCC2)n1. The van der Waals surface area contributed by atoms with E-state index in [0.717, 1.165) is 43.6 Å². The van der Waals surface area contributed by atoms with Crippen LogP contribution in [0.25, 0.3) is 0 Å². The summed E-state index contributed by atoms with van der Waals surface area (Å²) in [6.07, 6.45) is 2.52. The molecule has 0 saturated carbocycles. The summed E-state index contributed by atoms with van der Waals surface area (Å²) in [5.41, 5.74) is 1.06. The van der Waals surface area contributed by atoms with Crippen molar-refractivity contribution >= 4 is 11.8 Å². The molecule has 1 aliphatic rings. The summed E-state index contributed by atoms with van der Waals surface area (Å²) < 4.78 is 0. The van der Waals surface area contributed by atoms with Crippen molar-refractivity contribution in [1.82, 2.24) is 9.97 Å². The highest BCUT2D eigenvalue weighted by molar-refractivity contribution is 5.46. The van der Waals surface area contributed by atoms with Crippen molar-refractivity contribution in [3.8, 4) is 0 Å². The van der Waals surface area contributed by atoms with E-state index in [4.69, 9.17) is 4.98 Å². The van der Waals surface area contributed by atoms with Gasteiger partial charge in [0.2, 0.25) is 5.95 Å². The molecule has 2 rings (SSSR count). The van der Waals surface area contributed by atoms with E-state index in [0.29, 0.717) is 0 Å². The summed E-state index contributed by atoms with van der Waals surface area (Å²) >= 11 is 0. The average molecular weight is 234 g/mol. The van der Waals surface area contributed by atoms with Crippen LogP contribution in [-0.4, -0.2) is 36.1 Å². The first-order valence-corrected chi connectivity index (χ1v) is 6.60. The van der Waals surface area contributed by atoms with Gasteiger partial charge in [-0.2, -0.15) is 4.98 Å². The summed E-state index contributed by atoms with van der Waals surface area (Å²) in [6.45, 7) is 10.6. The second kappa shape index (κ2) is 5.34. The predicted octanol–water partition coefficient (Wildman–Crippen LogP) is 2.23. The van der Waals surface area contributed by atoms with Crippen LogP contribution in [0.4, 0.5) is 11.8 Å². The van der Waals surface area contributed by atoms with E-state index in [1.54, 1.807) is 0 Å². The quantitative estimate of drug-likeness (QED) is 0.799. The molecule has 1 saturated heterocycles. The van der Waals surface area contributed by atoms with Crippen LogP contribution < -0.4 is 9.80 Å². The first-order valence-electron chi connectivity index (χ1n) is 6.60. The Morgan fingerprint density at radius 2 is 1.82 bits per heavy atom. The van der Waals surface area contributed by atoms with E-state index >= 15 is 0 Å². The van der Waals surface area contributed by atoms with Gasteiger partial charge in [-0.3, -0.25) is 0 Å². The summed E-state index contributed by atoms with van der Waals surface area (Å²) in [5, 5.41) is 0. The molecule has 0 aromatic carbocycles. The first-order chi connectivity index (χ1) is 8.24. The van der Waals surface area contributed by atoms with Crippen molar-refractivity contribution in [3.63, 3.8) is 0 Å². The fourth-order valence-electron chi connectivity index (χ4n) is 2.30. The number of nitrogens with zero attached hydrogens (tertiary/aromatic N) is 4. The van der Waals surface area contributed by atoms with Crippen molar-refractivity contribution in [3.05, 3.63) is 11.8 Å². The maximum atomic E-state index is 4.70. The van der Waals surface area contributed by atoms with Crippen LogP contribution in [0.1, 0.15) is 32.4 Å². The molecule has 4 nitrogen and oxygen atoms in total. The van der Waals surface area contributed by atoms with Crippen LogP contribution >= 0.6 is 0 Å². The molecule has 0 unspecified atom stereocenters. The average Bonchev–Trinajstić information content (AvgIpc) is 2.83. The minimum absolute atomic E-state index is 0.907. The van der Waals surface area contributed by atoms with Crippen LogP contribution in [0.2, 0.25) is 0 Å². The number of aryl methyl sites for hydroxylation is 1. The number of hydrogen-bond donors (Lipinski definition) is 0. The Morgan fingerprint density at radius 3 is 2.41 bits per heavy atom. The second-order valence-corrected chi connectivity index (χ2v) is 4.53. The molecule has 0 spiro atoms. The Balaban J connectivity index is 2.27. The van der Waals surface area contributed by atoms with Crippen LogP contribution in [-0.2, 0) is 0 Å². The molecule has 0 N–H and O–H groups in total. The van der Waals surface area contributed by atoms with Gasteiger partial charge in [0, 0.05) is 37.9 Å². The van der Waals surface area contributed by atoms with Crippen LogP contribution in [0.3, 0.4) is 0 Å². The van der Waals surface area contributed by atoms with E-state index in [2.05, 4.69) is 34.7 Å². The molecule has 1 fully saturated rings. The molecule has 1 aromatic rings. The van der Waals surface area contributed by atoms with Gasteiger partial charge in [-0.05, 0) is 33.6 Å². The van der Waals surface area contributed by atoms with Gasteiger partial charge in [-0.15, -0.1) is 0 Å². The third kappa shape index (κ3) is 2.68. The smallest absolute Gasteiger partial charge is 0.227 e. The highest BCUT2D eigenvalue weighted by atomic mass is 15.3. The topological polar surface area (TPSA) is 32.3 Å². The monoisotopic (exact) mass is 234 g/mol. The van der Waals surface area contributed by atoms with Gasteiger partial charge in [0.1, 0.15) is 5.82 Å². The predicted molar refractivity (Wildman–Crippen MR) is 71.8 cm³/mol. The van der Waals surface area contributed by atoms with Gasteiger partial charge in [0.05, 0.1) is 0 Å². The van der Waals surface area contributed by atoms with Gasteiger partial charge in [-0.25, -0.2) is 4.98 Å². The lowest BCUT2D eigenvalue weighted by Gasteiger charge is -2.23. The zero-order valence-corrected chi connectivity index (χ0v) is 11.1. The van der Waals surface area contributed by atoms with Gasteiger partial charge in [0.15, 0.2) is 0 Å². The Labute approximate surface area is 104 Å². The molecule has 4 heteroatoms. The molecule has 0 aliphatic carbocycles. The lowest BCUT2D eigenvalue weighted by molar-refractivity contribution is 0.821. The first kappa shape index (κ1) is 12.1.